The van der Waals surface area contributed by atoms with E-state index < -0.39 is 15.4 Å². The first-order chi connectivity index (χ1) is 18.7. The summed E-state index contributed by atoms with van der Waals surface area (Å²) in [5.74, 6) is -0.591. The molecule has 1 amide bonds. The van der Waals surface area contributed by atoms with Crippen molar-refractivity contribution in [1.29, 1.82) is 0 Å². The first-order valence-corrected chi connectivity index (χ1v) is 14.5. The zero-order valence-corrected chi connectivity index (χ0v) is 22.5. The van der Waals surface area contributed by atoms with Crippen molar-refractivity contribution in [3.05, 3.63) is 65.7 Å². The zero-order chi connectivity index (χ0) is 27.1. The Morgan fingerprint density at radius 3 is 2.51 bits per heavy atom. The summed E-state index contributed by atoms with van der Waals surface area (Å²) in [6.45, 7) is 3.97. The Morgan fingerprint density at radius 2 is 1.82 bits per heavy atom. The molecule has 3 aliphatic rings. The van der Waals surface area contributed by atoms with E-state index in [0.29, 0.717) is 0 Å². The van der Waals surface area contributed by atoms with E-state index in [2.05, 4.69) is 21.4 Å². The van der Waals surface area contributed by atoms with Gasteiger partial charge in [-0.25, -0.2) is 17.5 Å². The lowest BCUT2D eigenvalue weighted by atomic mass is 9.88. The van der Waals surface area contributed by atoms with E-state index in [1.165, 1.54) is 27.4 Å². The number of aromatic nitrogens is 5. The van der Waals surface area contributed by atoms with E-state index in [4.69, 9.17) is 0 Å². The van der Waals surface area contributed by atoms with Crippen LogP contribution in [0.3, 0.4) is 0 Å². The van der Waals surface area contributed by atoms with Crippen LogP contribution in [-0.4, -0.2) is 74.5 Å². The van der Waals surface area contributed by atoms with Gasteiger partial charge in [0.05, 0.1) is 29.5 Å². The highest BCUT2D eigenvalue weighted by Crippen LogP contribution is 2.66. The Hall–Kier alpha value is -3.64. The van der Waals surface area contributed by atoms with E-state index in [-0.39, 0.29) is 41.7 Å². The van der Waals surface area contributed by atoms with E-state index in [9.17, 15) is 17.6 Å². The van der Waals surface area contributed by atoms with Gasteiger partial charge in [0.1, 0.15) is 5.82 Å². The van der Waals surface area contributed by atoms with Crippen molar-refractivity contribution < 1.29 is 17.6 Å². The third kappa shape index (κ3) is 3.57. The molecular weight excluding hydrogens is 521 g/mol. The Balaban J connectivity index is 1.30. The Labute approximate surface area is 225 Å². The molecular formula is C27H28FN7O3S. The first kappa shape index (κ1) is 24.4. The smallest absolute Gasteiger partial charge is 0.264 e. The number of rotatable bonds is 5. The second-order valence-corrected chi connectivity index (χ2v) is 12.8. The number of fused-ring (bicyclic) bond motifs is 2. The molecule has 2 aromatic heterocycles. The van der Waals surface area contributed by atoms with Crippen molar-refractivity contribution in [1.82, 2.24) is 34.0 Å². The maximum atomic E-state index is 13.7. The van der Waals surface area contributed by atoms with Crippen LogP contribution in [0.4, 0.5) is 4.39 Å². The standard InChI is InChI=1S/C27H28FN7O3S/c1-17-11-23-18(13-30-35(23)20-7-5-19(28)6-8-20)12-21(17)27-16-34(39(37,38)24-14-29-32(2)31-24)15-22(27)25(27)26(36)33-9-3-4-10-33/h5-8,11-14,22,25H,3-4,9-10,15-16H2,1-2H3. The SMILES string of the molecule is Cc1cc2c(cnn2-c2ccc(F)cc2)cc1C12CN(S(=O)(=O)c3cnn(C)n3)CC1C2C(=O)N1CCCC1. The van der Waals surface area contributed by atoms with Crippen molar-refractivity contribution in [2.24, 2.45) is 18.9 Å². The fraction of sp³-hybridized carbons (Fsp3) is 0.407. The van der Waals surface area contributed by atoms with Crippen LogP contribution in [0.5, 0.6) is 0 Å². The Bertz CT molecular complexity index is 1730. The minimum Gasteiger partial charge on any atom is -0.342 e. The lowest BCUT2D eigenvalue weighted by molar-refractivity contribution is -0.132. The van der Waals surface area contributed by atoms with Gasteiger partial charge in [-0.1, -0.05) is 0 Å². The molecule has 2 aliphatic heterocycles. The number of benzene rings is 2. The quantitative estimate of drug-likeness (QED) is 0.379. The third-order valence-corrected chi connectivity index (χ3v) is 10.4. The van der Waals surface area contributed by atoms with Crippen LogP contribution >= 0.6 is 0 Å². The van der Waals surface area contributed by atoms with Crippen LogP contribution < -0.4 is 0 Å². The second-order valence-electron chi connectivity index (χ2n) is 10.9. The molecule has 3 fully saturated rings. The lowest BCUT2D eigenvalue weighted by Crippen LogP contribution is -2.39. The van der Waals surface area contributed by atoms with Crippen LogP contribution in [0.2, 0.25) is 0 Å². The minimum absolute atomic E-state index is 0.0865. The zero-order valence-electron chi connectivity index (χ0n) is 21.7. The molecule has 4 heterocycles. The fourth-order valence-electron chi connectivity index (χ4n) is 6.79. The van der Waals surface area contributed by atoms with Crippen LogP contribution in [-0.2, 0) is 27.3 Å². The number of likely N-dealkylation sites (tertiary alicyclic amines) is 1. The van der Waals surface area contributed by atoms with Gasteiger partial charge in [-0.3, -0.25) is 4.79 Å². The van der Waals surface area contributed by atoms with Gasteiger partial charge in [0, 0.05) is 44.0 Å². The summed E-state index contributed by atoms with van der Waals surface area (Å²) < 4.78 is 43.7. The summed E-state index contributed by atoms with van der Waals surface area (Å²) >= 11 is 0. The number of amides is 1. The summed E-state index contributed by atoms with van der Waals surface area (Å²) in [5, 5.41) is 13.3. The molecule has 0 spiro atoms. The topological polar surface area (TPSA) is 106 Å². The molecule has 10 nitrogen and oxygen atoms in total. The van der Waals surface area contributed by atoms with E-state index in [0.717, 1.165) is 53.6 Å². The summed E-state index contributed by atoms with van der Waals surface area (Å²) in [5.41, 5.74) is 2.93. The molecule has 0 radical (unpaired) electrons. The number of aryl methyl sites for hydroxylation is 2. The van der Waals surface area contributed by atoms with Crippen molar-refractivity contribution in [3.63, 3.8) is 0 Å². The van der Waals surface area contributed by atoms with Crippen molar-refractivity contribution in [2.75, 3.05) is 26.2 Å². The van der Waals surface area contributed by atoms with Crippen molar-refractivity contribution in [2.45, 2.75) is 30.2 Å². The molecule has 1 saturated carbocycles. The average molecular weight is 550 g/mol. The molecule has 0 bridgehead atoms. The van der Waals surface area contributed by atoms with Crippen molar-refractivity contribution in [3.8, 4) is 5.69 Å². The van der Waals surface area contributed by atoms with Gasteiger partial charge < -0.3 is 4.90 Å². The first-order valence-electron chi connectivity index (χ1n) is 13.1. The molecule has 2 aromatic carbocycles. The predicted molar refractivity (Wildman–Crippen MR) is 140 cm³/mol. The van der Waals surface area contributed by atoms with E-state index in [1.54, 1.807) is 30.1 Å². The molecule has 0 N–H and O–H groups in total. The number of hydrogen-bond acceptors (Lipinski definition) is 6. The molecule has 2 saturated heterocycles. The summed E-state index contributed by atoms with van der Waals surface area (Å²) in [7, 11) is -2.28. The summed E-state index contributed by atoms with van der Waals surface area (Å²) in [4.78, 5) is 16.9. The second kappa shape index (κ2) is 8.43. The van der Waals surface area contributed by atoms with Gasteiger partial charge >= 0.3 is 0 Å². The number of carbonyl (C=O) groups is 1. The van der Waals surface area contributed by atoms with E-state index >= 15 is 0 Å². The minimum atomic E-state index is -3.86. The largest absolute Gasteiger partial charge is 0.342 e. The number of sulfonamides is 1. The van der Waals surface area contributed by atoms with Crippen molar-refractivity contribution >= 4 is 26.8 Å². The summed E-state index contributed by atoms with van der Waals surface area (Å²) in [6.07, 6.45) is 5.02. The number of carbonyl (C=O) groups excluding carboxylic acids is 1. The van der Waals surface area contributed by atoms with Crippen LogP contribution in [0.15, 0.2) is 53.8 Å². The highest BCUT2D eigenvalue weighted by atomic mass is 32.2. The average Bonchev–Trinajstić information content (AvgIpc) is 3.55. The predicted octanol–water partition coefficient (Wildman–Crippen LogP) is 2.41. The maximum Gasteiger partial charge on any atom is 0.264 e. The molecule has 3 unspecified atom stereocenters. The molecule has 39 heavy (non-hydrogen) atoms. The highest BCUT2D eigenvalue weighted by molar-refractivity contribution is 7.89. The number of piperidine rings is 1. The van der Waals surface area contributed by atoms with Crippen LogP contribution in [0.25, 0.3) is 16.6 Å². The monoisotopic (exact) mass is 549 g/mol. The van der Waals surface area contributed by atoms with Crippen LogP contribution in [0, 0.1) is 24.6 Å². The van der Waals surface area contributed by atoms with Gasteiger partial charge in [0.15, 0.2) is 0 Å². The molecule has 3 atom stereocenters. The van der Waals surface area contributed by atoms with Gasteiger partial charge in [-0.2, -0.15) is 19.3 Å². The number of hydrogen-bond donors (Lipinski definition) is 0. The van der Waals surface area contributed by atoms with E-state index in [1.807, 2.05) is 17.9 Å². The summed E-state index contributed by atoms with van der Waals surface area (Å²) in [6, 6.07) is 10.2. The third-order valence-electron chi connectivity index (χ3n) is 8.70. The molecule has 4 aromatic rings. The van der Waals surface area contributed by atoms with Crippen LogP contribution in [0.1, 0.15) is 24.0 Å². The van der Waals surface area contributed by atoms with Gasteiger partial charge in [-0.05, 0) is 73.2 Å². The number of nitrogens with zero attached hydrogens (tertiary/aromatic N) is 7. The molecule has 7 rings (SSSR count). The lowest BCUT2D eigenvalue weighted by Gasteiger charge is -2.26. The van der Waals surface area contributed by atoms with Gasteiger partial charge in [0.2, 0.25) is 10.9 Å². The Morgan fingerprint density at radius 1 is 1.08 bits per heavy atom. The normalized spacial score (nSPS) is 24.9. The molecule has 12 heteroatoms. The highest BCUT2D eigenvalue weighted by Gasteiger charge is 2.74. The molecule has 202 valence electrons. The fourth-order valence-corrected chi connectivity index (χ4v) is 8.19. The molecule has 1 aliphatic carbocycles. The Kier molecular flexibility index (Phi) is 5.27. The number of halogens is 1. The van der Waals surface area contributed by atoms with Gasteiger partial charge in [0.25, 0.3) is 10.0 Å². The maximum absolute atomic E-state index is 13.7. The van der Waals surface area contributed by atoms with Gasteiger partial charge in [-0.15, -0.1) is 5.10 Å².